The molecule has 1 N–H and O–H groups in total. The minimum atomic E-state index is -3.98. The summed E-state index contributed by atoms with van der Waals surface area (Å²) in [5.74, 6) is -1.09. The average Bonchev–Trinajstić information content (AvgIpc) is 3.40. The van der Waals surface area contributed by atoms with Crippen LogP contribution >= 0.6 is 22.9 Å². The number of halogens is 2. The van der Waals surface area contributed by atoms with Gasteiger partial charge in [-0.15, -0.1) is 11.3 Å². The van der Waals surface area contributed by atoms with Crippen LogP contribution in [0.25, 0.3) is 11.4 Å². The number of nitrogens with one attached hydrogen (secondary N) is 1. The van der Waals surface area contributed by atoms with Crippen LogP contribution < -0.4 is 4.72 Å². The molecule has 1 aliphatic rings. The van der Waals surface area contributed by atoms with E-state index >= 15 is 0 Å². The topological polar surface area (TPSA) is 115 Å². The number of morpholine rings is 1. The lowest BCUT2D eigenvalue weighted by Crippen LogP contribution is -2.40. The first-order chi connectivity index (χ1) is 14.3. The number of sulfonamides is 1. The minimum Gasteiger partial charge on any atom is -0.378 e. The van der Waals surface area contributed by atoms with Crippen molar-refractivity contribution in [2.45, 2.75) is 4.21 Å². The Kier molecular flexibility index (Phi) is 5.73. The molecule has 0 aliphatic carbocycles. The molecule has 0 unspecified atom stereocenters. The number of amides is 1. The molecule has 0 spiro atoms. The largest absolute Gasteiger partial charge is 0.378 e. The van der Waals surface area contributed by atoms with E-state index < -0.39 is 21.7 Å². The van der Waals surface area contributed by atoms with E-state index in [4.69, 9.17) is 20.9 Å². The number of hydrogen-bond acceptors (Lipinski definition) is 8. The van der Waals surface area contributed by atoms with E-state index in [0.717, 1.165) is 23.5 Å². The number of rotatable bonds is 5. The van der Waals surface area contributed by atoms with E-state index in [1.54, 1.807) is 4.90 Å². The van der Waals surface area contributed by atoms with Crippen molar-refractivity contribution in [3.8, 4) is 11.4 Å². The van der Waals surface area contributed by atoms with Crippen LogP contribution in [-0.2, 0) is 14.8 Å². The average molecular weight is 473 g/mol. The lowest BCUT2D eigenvalue weighted by atomic mass is 10.3. The summed E-state index contributed by atoms with van der Waals surface area (Å²) >= 11 is 6.81. The molecule has 3 heterocycles. The predicted molar refractivity (Wildman–Crippen MR) is 107 cm³/mol. The molecule has 4 rings (SSSR count). The predicted octanol–water partition coefficient (Wildman–Crippen LogP) is 2.86. The molecule has 9 nitrogen and oxygen atoms in total. The van der Waals surface area contributed by atoms with Crippen molar-refractivity contribution in [3.63, 3.8) is 0 Å². The number of aromatic nitrogens is 2. The summed E-state index contributed by atoms with van der Waals surface area (Å²) in [6.45, 7) is 1.72. The van der Waals surface area contributed by atoms with E-state index in [0.29, 0.717) is 31.9 Å². The second-order valence-electron chi connectivity index (χ2n) is 6.21. The van der Waals surface area contributed by atoms with Gasteiger partial charge in [0, 0.05) is 24.0 Å². The Morgan fingerprint density at radius 3 is 2.77 bits per heavy atom. The van der Waals surface area contributed by atoms with Gasteiger partial charge in [-0.25, -0.2) is 12.8 Å². The molecule has 1 aromatic carbocycles. The van der Waals surface area contributed by atoms with Gasteiger partial charge in [-0.1, -0.05) is 16.8 Å². The number of thiophene rings is 1. The number of carbonyl (C=O) groups excluding carboxylic acids is 1. The normalized spacial score (nSPS) is 14.7. The number of ether oxygens (including phenoxy) is 1. The highest BCUT2D eigenvalue weighted by Crippen LogP contribution is 2.30. The number of hydrogen-bond donors (Lipinski definition) is 1. The summed E-state index contributed by atoms with van der Waals surface area (Å²) in [6, 6.07) is 4.67. The smallest absolute Gasteiger partial charge is 0.316 e. The number of anilines is 1. The molecule has 0 saturated carbocycles. The van der Waals surface area contributed by atoms with Gasteiger partial charge in [-0.05, 0) is 24.3 Å². The summed E-state index contributed by atoms with van der Waals surface area (Å²) in [5.41, 5.74) is 0.418. The molecule has 1 aliphatic heterocycles. The van der Waals surface area contributed by atoms with E-state index in [9.17, 15) is 17.6 Å². The second kappa shape index (κ2) is 8.30. The van der Waals surface area contributed by atoms with Crippen LogP contribution in [0.4, 0.5) is 10.1 Å². The van der Waals surface area contributed by atoms with Gasteiger partial charge in [0.2, 0.25) is 5.82 Å². The van der Waals surface area contributed by atoms with E-state index in [-0.39, 0.29) is 26.6 Å². The monoisotopic (exact) mass is 472 g/mol. The van der Waals surface area contributed by atoms with Gasteiger partial charge in [0.15, 0.2) is 0 Å². The zero-order chi connectivity index (χ0) is 21.3. The van der Waals surface area contributed by atoms with Crippen molar-refractivity contribution in [1.29, 1.82) is 0 Å². The number of nitrogens with zero attached hydrogens (tertiary/aromatic N) is 3. The molecule has 1 amide bonds. The third-order valence-corrected chi connectivity index (χ3v) is 7.30. The minimum absolute atomic E-state index is 0.0382. The maximum absolute atomic E-state index is 13.2. The number of benzene rings is 1. The van der Waals surface area contributed by atoms with Crippen LogP contribution in [0.2, 0.25) is 5.02 Å². The highest BCUT2D eigenvalue weighted by molar-refractivity contribution is 7.94. The van der Waals surface area contributed by atoms with Gasteiger partial charge in [-0.2, -0.15) is 4.98 Å². The maximum atomic E-state index is 13.2. The third-order valence-electron chi connectivity index (χ3n) is 4.18. The Morgan fingerprint density at radius 1 is 1.27 bits per heavy atom. The van der Waals surface area contributed by atoms with Crippen molar-refractivity contribution in [1.82, 2.24) is 15.0 Å². The molecule has 3 aromatic rings. The lowest BCUT2D eigenvalue weighted by Gasteiger charge is -2.25. The molecule has 0 atom stereocenters. The van der Waals surface area contributed by atoms with Crippen LogP contribution in [-0.4, -0.2) is 55.7 Å². The van der Waals surface area contributed by atoms with Crippen molar-refractivity contribution in [2.75, 3.05) is 31.0 Å². The van der Waals surface area contributed by atoms with Crippen LogP contribution in [0.3, 0.4) is 0 Å². The van der Waals surface area contributed by atoms with Crippen molar-refractivity contribution in [2.24, 2.45) is 0 Å². The Balaban J connectivity index is 1.52. The lowest BCUT2D eigenvalue weighted by molar-refractivity contribution is 0.0272. The molecule has 158 valence electrons. The summed E-state index contributed by atoms with van der Waals surface area (Å²) in [6.07, 6.45) is 0. The van der Waals surface area contributed by atoms with Gasteiger partial charge >= 0.3 is 11.8 Å². The molecule has 2 aromatic heterocycles. The SMILES string of the molecule is O=C(c1nc(-c2csc(S(=O)(=O)Nc3ccc(F)cc3Cl)c2)no1)N1CCOCC1. The Bertz CT molecular complexity index is 1190. The fraction of sp³-hybridized carbons (Fsp3) is 0.235. The van der Waals surface area contributed by atoms with Crippen molar-refractivity contribution < 1.29 is 26.9 Å². The van der Waals surface area contributed by atoms with Gasteiger partial charge < -0.3 is 14.2 Å². The standard InChI is InChI=1S/C17H14ClFN4O5S2/c18-12-8-11(19)1-2-13(12)22-30(25,26)14-7-10(9-29-14)15-20-16(28-21-15)17(24)23-3-5-27-6-4-23/h1-2,7-9,22H,3-6H2. The highest BCUT2D eigenvalue weighted by atomic mass is 35.5. The van der Waals surface area contributed by atoms with Gasteiger partial charge in [0.25, 0.3) is 10.0 Å². The van der Waals surface area contributed by atoms with Crippen LogP contribution in [0.5, 0.6) is 0 Å². The van der Waals surface area contributed by atoms with E-state index in [1.807, 2.05) is 0 Å². The maximum Gasteiger partial charge on any atom is 0.316 e. The second-order valence-corrected chi connectivity index (χ2v) is 9.44. The molecule has 0 radical (unpaired) electrons. The molecule has 13 heteroatoms. The Morgan fingerprint density at radius 2 is 2.03 bits per heavy atom. The van der Waals surface area contributed by atoms with Crippen molar-refractivity contribution >= 4 is 44.6 Å². The molecule has 0 bridgehead atoms. The summed E-state index contributed by atoms with van der Waals surface area (Å²) < 4.78 is 50.9. The van der Waals surface area contributed by atoms with Crippen molar-refractivity contribution in [3.05, 3.63) is 46.4 Å². The molecule has 30 heavy (non-hydrogen) atoms. The van der Waals surface area contributed by atoms with Crippen LogP contribution in [0.15, 0.2) is 38.4 Å². The first-order valence-electron chi connectivity index (χ1n) is 8.61. The van der Waals surface area contributed by atoms with Crippen LogP contribution in [0, 0.1) is 5.82 Å². The Hall–Kier alpha value is -2.54. The van der Waals surface area contributed by atoms with E-state index in [1.165, 1.54) is 17.5 Å². The summed E-state index contributed by atoms with van der Waals surface area (Å²) in [7, 11) is -3.98. The van der Waals surface area contributed by atoms with Gasteiger partial charge in [-0.3, -0.25) is 9.52 Å². The third kappa shape index (κ3) is 4.31. The van der Waals surface area contributed by atoms with Gasteiger partial charge in [0.1, 0.15) is 10.0 Å². The first-order valence-corrected chi connectivity index (χ1v) is 11.3. The molecular formula is C17H14ClFN4O5S2. The van der Waals surface area contributed by atoms with Gasteiger partial charge in [0.05, 0.1) is 23.9 Å². The van der Waals surface area contributed by atoms with E-state index in [2.05, 4.69) is 14.9 Å². The molecule has 1 fully saturated rings. The zero-order valence-corrected chi connectivity index (χ0v) is 17.6. The number of carbonyl (C=O) groups is 1. The Labute approximate surface area is 179 Å². The molecule has 1 saturated heterocycles. The zero-order valence-electron chi connectivity index (χ0n) is 15.2. The summed E-state index contributed by atoms with van der Waals surface area (Å²) in [5, 5.41) is 5.22. The quantitative estimate of drug-likeness (QED) is 0.607. The fourth-order valence-corrected chi connectivity index (χ4v) is 5.18. The fourth-order valence-electron chi connectivity index (χ4n) is 2.67. The first kappa shape index (κ1) is 20.7. The summed E-state index contributed by atoms with van der Waals surface area (Å²) in [4.78, 5) is 18.0. The highest BCUT2D eigenvalue weighted by Gasteiger charge is 2.25. The van der Waals surface area contributed by atoms with Crippen LogP contribution in [0.1, 0.15) is 10.7 Å². The molecular weight excluding hydrogens is 459 g/mol.